The number of nitrogens with one attached hydrogen (secondary N) is 1. The van der Waals surface area contributed by atoms with Crippen molar-refractivity contribution >= 4 is 10.2 Å². The van der Waals surface area contributed by atoms with Crippen molar-refractivity contribution in [3.63, 3.8) is 0 Å². The fourth-order valence-electron chi connectivity index (χ4n) is 2.48. The van der Waals surface area contributed by atoms with Crippen LogP contribution in [-0.2, 0) is 10.2 Å². The monoisotopic (exact) mass is 233 g/mol. The first-order valence-corrected chi connectivity index (χ1v) is 6.78. The van der Waals surface area contributed by atoms with E-state index in [1.165, 1.54) is 10.7 Å². The fourth-order valence-corrected chi connectivity index (χ4v) is 3.74. The highest BCUT2D eigenvalue weighted by Gasteiger charge is 2.36. The zero-order valence-corrected chi connectivity index (χ0v) is 10.1. The fraction of sp³-hybridized carbons (Fsp3) is 1.00. The van der Waals surface area contributed by atoms with Crippen LogP contribution in [0.4, 0.5) is 0 Å². The third-order valence-corrected chi connectivity index (χ3v) is 5.12. The van der Waals surface area contributed by atoms with E-state index in [4.69, 9.17) is 0 Å². The number of piperidine rings is 2. The van der Waals surface area contributed by atoms with E-state index in [9.17, 15) is 8.42 Å². The minimum Gasteiger partial charge on any atom is -0.316 e. The molecular weight excluding hydrogens is 214 g/mol. The van der Waals surface area contributed by atoms with Crippen LogP contribution in [0.1, 0.15) is 6.42 Å². The second-order valence-electron chi connectivity index (χ2n) is 4.73. The summed E-state index contributed by atoms with van der Waals surface area (Å²) in [4.78, 5) is 0. The van der Waals surface area contributed by atoms with Gasteiger partial charge >= 0.3 is 0 Å². The molecule has 15 heavy (non-hydrogen) atoms. The van der Waals surface area contributed by atoms with E-state index in [-0.39, 0.29) is 0 Å². The highest BCUT2D eigenvalue weighted by molar-refractivity contribution is 7.86. The first kappa shape index (κ1) is 11.3. The normalized spacial score (nSPS) is 33.3. The van der Waals surface area contributed by atoms with Crippen molar-refractivity contribution in [1.82, 2.24) is 13.9 Å². The second kappa shape index (κ2) is 4.01. The number of hydrogen-bond donors (Lipinski definition) is 1. The molecule has 0 saturated carbocycles. The molecule has 2 rings (SSSR count). The molecule has 2 fully saturated rings. The van der Waals surface area contributed by atoms with Crippen LogP contribution in [0.15, 0.2) is 0 Å². The lowest BCUT2D eigenvalue weighted by atomic mass is 9.87. The minimum atomic E-state index is -3.20. The Bertz CT molecular complexity index is 316. The Morgan fingerprint density at radius 2 is 1.73 bits per heavy atom. The Kier molecular flexibility index (Phi) is 3.03. The van der Waals surface area contributed by atoms with Crippen molar-refractivity contribution in [1.29, 1.82) is 0 Å². The van der Waals surface area contributed by atoms with E-state index in [0.29, 0.717) is 24.9 Å². The molecule has 6 heteroatoms. The van der Waals surface area contributed by atoms with Gasteiger partial charge in [-0.3, -0.25) is 0 Å². The van der Waals surface area contributed by atoms with Crippen molar-refractivity contribution < 1.29 is 8.42 Å². The van der Waals surface area contributed by atoms with Crippen LogP contribution in [0.2, 0.25) is 0 Å². The molecule has 5 nitrogen and oxygen atoms in total. The lowest BCUT2D eigenvalue weighted by Crippen LogP contribution is -2.54. The standard InChI is InChI=1S/C9H19N3O2S/c1-11(2)15(13,14)12-6-8-3-9(7-12)5-10-4-8/h8-10H,3-7H2,1-2H3. The molecule has 2 unspecified atom stereocenters. The maximum absolute atomic E-state index is 11.9. The summed E-state index contributed by atoms with van der Waals surface area (Å²) >= 11 is 0. The van der Waals surface area contributed by atoms with E-state index >= 15 is 0 Å². The maximum Gasteiger partial charge on any atom is 0.281 e. The average molecular weight is 233 g/mol. The maximum atomic E-state index is 11.9. The first-order valence-electron chi connectivity index (χ1n) is 5.38. The highest BCUT2D eigenvalue weighted by atomic mass is 32.2. The van der Waals surface area contributed by atoms with Gasteiger partial charge in [0.1, 0.15) is 0 Å². The molecule has 2 atom stereocenters. The molecule has 0 aliphatic carbocycles. The van der Waals surface area contributed by atoms with Crippen molar-refractivity contribution in [2.75, 3.05) is 40.3 Å². The quantitative estimate of drug-likeness (QED) is 0.688. The number of nitrogens with zero attached hydrogens (tertiary/aromatic N) is 2. The van der Waals surface area contributed by atoms with Gasteiger partial charge in [-0.25, -0.2) is 0 Å². The van der Waals surface area contributed by atoms with E-state index in [1.54, 1.807) is 18.4 Å². The van der Waals surface area contributed by atoms with Gasteiger partial charge in [0.15, 0.2) is 0 Å². The molecule has 0 aromatic rings. The summed E-state index contributed by atoms with van der Waals surface area (Å²) < 4.78 is 26.8. The van der Waals surface area contributed by atoms with Crippen molar-refractivity contribution in [3.8, 4) is 0 Å². The molecule has 2 aliphatic heterocycles. The summed E-state index contributed by atoms with van der Waals surface area (Å²) in [6.07, 6.45) is 1.17. The van der Waals surface area contributed by atoms with Gasteiger partial charge in [0.05, 0.1) is 0 Å². The van der Waals surface area contributed by atoms with Crippen LogP contribution in [0.5, 0.6) is 0 Å². The van der Waals surface area contributed by atoms with Gasteiger partial charge in [0.2, 0.25) is 0 Å². The van der Waals surface area contributed by atoms with E-state index in [0.717, 1.165) is 13.1 Å². The Balaban J connectivity index is 2.12. The third kappa shape index (κ3) is 2.18. The van der Waals surface area contributed by atoms with Crippen LogP contribution in [-0.4, -0.2) is 57.3 Å². The van der Waals surface area contributed by atoms with Gasteiger partial charge in [0.25, 0.3) is 10.2 Å². The predicted octanol–water partition coefficient (Wildman–Crippen LogP) is -0.666. The molecule has 0 amide bonds. The zero-order valence-electron chi connectivity index (χ0n) is 9.31. The second-order valence-corrected chi connectivity index (χ2v) is 6.88. The number of hydrogen-bond acceptors (Lipinski definition) is 3. The van der Waals surface area contributed by atoms with Crippen LogP contribution >= 0.6 is 0 Å². The van der Waals surface area contributed by atoms with Crippen molar-refractivity contribution in [3.05, 3.63) is 0 Å². The summed E-state index contributed by atoms with van der Waals surface area (Å²) in [6.45, 7) is 3.25. The van der Waals surface area contributed by atoms with E-state index in [2.05, 4.69) is 5.32 Å². The van der Waals surface area contributed by atoms with Crippen molar-refractivity contribution in [2.45, 2.75) is 6.42 Å². The molecular formula is C9H19N3O2S. The highest BCUT2D eigenvalue weighted by Crippen LogP contribution is 2.26. The van der Waals surface area contributed by atoms with Gasteiger partial charge in [-0.05, 0) is 31.3 Å². The molecule has 1 N–H and O–H groups in total. The van der Waals surface area contributed by atoms with E-state index in [1.807, 2.05) is 0 Å². The summed E-state index contributed by atoms with van der Waals surface area (Å²) in [5, 5.41) is 3.35. The van der Waals surface area contributed by atoms with E-state index < -0.39 is 10.2 Å². The Labute approximate surface area is 91.6 Å². The summed E-state index contributed by atoms with van der Waals surface area (Å²) in [5.74, 6) is 0.986. The zero-order chi connectivity index (χ0) is 11.1. The summed E-state index contributed by atoms with van der Waals surface area (Å²) in [5.41, 5.74) is 0. The molecule has 0 aromatic carbocycles. The number of fused-ring (bicyclic) bond motifs is 2. The lowest BCUT2D eigenvalue weighted by Gasteiger charge is -2.41. The van der Waals surface area contributed by atoms with Crippen LogP contribution in [0, 0.1) is 11.8 Å². The Hall–Kier alpha value is -0.170. The van der Waals surface area contributed by atoms with Gasteiger partial charge in [-0.15, -0.1) is 0 Å². The SMILES string of the molecule is CN(C)S(=O)(=O)N1CC2CNCC(C2)C1. The largest absolute Gasteiger partial charge is 0.316 e. The lowest BCUT2D eigenvalue weighted by molar-refractivity contribution is 0.154. The van der Waals surface area contributed by atoms with Crippen LogP contribution in [0.25, 0.3) is 0 Å². The molecule has 0 aromatic heterocycles. The molecule has 0 radical (unpaired) electrons. The topological polar surface area (TPSA) is 52.7 Å². The Morgan fingerprint density at radius 1 is 1.20 bits per heavy atom. The minimum absolute atomic E-state index is 0.493. The molecule has 0 spiro atoms. The first-order chi connectivity index (χ1) is 7.00. The van der Waals surface area contributed by atoms with Gasteiger partial charge < -0.3 is 5.32 Å². The van der Waals surface area contributed by atoms with Gasteiger partial charge in [0, 0.05) is 27.2 Å². The predicted molar refractivity (Wildman–Crippen MR) is 58.6 cm³/mol. The smallest absolute Gasteiger partial charge is 0.281 e. The summed E-state index contributed by atoms with van der Waals surface area (Å²) in [7, 11) is -0.0127. The van der Waals surface area contributed by atoms with Crippen molar-refractivity contribution in [2.24, 2.45) is 11.8 Å². The molecule has 2 heterocycles. The average Bonchev–Trinajstić information content (AvgIpc) is 2.16. The van der Waals surface area contributed by atoms with Gasteiger partial charge in [-0.1, -0.05) is 0 Å². The molecule has 2 bridgehead atoms. The Morgan fingerprint density at radius 3 is 2.20 bits per heavy atom. The molecule has 88 valence electrons. The number of rotatable bonds is 2. The van der Waals surface area contributed by atoms with Crippen LogP contribution in [0.3, 0.4) is 0 Å². The third-order valence-electron chi connectivity index (χ3n) is 3.24. The summed E-state index contributed by atoms with van der Waals surface area (Å²) in [6, 6.07) is 0. The molecule has 2 saturated heterocycles. The molecule has 2 aliphatic rings. The van der Waals surface area contributed by atoms with Gasteiger partial charge in [-0.2, -0.15) is 17.0 Å². The van der Waals surface area contributed by atoms with Crippen LogP contribution < -0.4 is 5.32 Å².